The molecule has 0 spiro atoms. The lowest BCUT2D eigenvalue weighted by Gasteiger charge is -2.35. The Kier molecular flexibility index (Phi) is 5.64. The van der Waals surface area contributed by atoms with Crippen LogP contribution < -0.4 is 0 Å². The smallest absolute Gasteiger partial charge is 0.227 e. The van der Waals surface area contributed by atoms with Crippen molar-refractivity contribution < 1.29 is 4.79 Å². The first-order valence-corrected chi connectivity index (χ1v) is 8.65. The summed E-state index contributed by atoms with van der Waals surface area (Å²) in [4.78, 5) is 14.7. The van der Waals surface area contributed by atoms with Gasteiger partial charge in [0.05, 0.1) is 6.42 Å². The number of carbonyl (C=O) groups excluding carboxylic acids is 1. The highest BCUT2D eigenvalue weighted by Gasteiger charge is 2.25. The maximum Gasteiger partial charge on any atom is 0.227 e. The van der Waals surface area contributed by atoms with Crippen LogP contribution in [0.3, 0.4) is 0 Å². The molecule has 1 aromatic rings. The normalized spacial score (nSPS) is 19.1. The number of halogens is 1. The van der Waals surface area contributed by atoms with Crippen LogP contribution >= 0.6 is 15.9 Å². The molecule has 1 atom stereocenters. The van der Waals surface area contributed by atoms with Crippen molar-refractivity contribution in [3.8, 4) is 0 Å². The van der Waals surface area contributed by atoms with Gasteiger partial charge in [0.1, 0.15) is 0 Å². The third kappa shape index (κ3) is 3.85. The predicted molar refractivity (Wildman–Crippen MR) is 87.4 cm³/mol. The van der Waals surface area contributed by atoms with Crippen LogP contribution in [0.4, 0.5) is 0 Å². The number of amides is 1. The number of hydrogen-bond acceptors (Lipinski definition) is 1. The molecule has 0 saturated carbocycles. The molecule has 1 aliphatic rings. The molecule has 20 heavy (non-hydrogen) atoms. The average molecular weight is 338 g/mol. The fourth-order valence-electron chi connectivity index (χ4n) is 2.94. The van der Waals surface area contributed by atoms with Crippen LogP contribution in [-0.2, 0) is 11.2 Å². The minimum Gasteiger partial charge on any atom is -0.339 e. The Balaban J connectivity index is 2.03. The Morgan fingerprint density at radius 2 is 2.10 bits per heavy atom. The van der Waals surface area contributed by atoms with Gasteiger partial charge in [0.25, 0.3) is 0 Å². The second-order valence-electron chi connectivity index (χ2n) is 5.81. The van der Waals surface area contributed by atoms with Crippen molar-refractivity contribution in [3.63, 3.8) is 0 Å². The minimum absolute atomic E-state index is 0.291. The van der Waals surface area contributed by atoms with E-state index in [1.165, 1.54) is 17.5 Å². The van der Waals surface area contributed by atoms with Crippen LogP contribution in [0.1, 0.15) is 42.4 Å². The van der Waals surface area contributed by atoms with Gasteiger partial charge < -0.3 is 4.90 Å². The summed E-state index contributed by atoms with van der Waals surface area (Å²) in [5.74, 6) is 0.291. The highest BCUT2D eigenvalue weighted by Crippen LogP contribution is 2.22. The Labute approximate surface area is 130 Å². The number of likely N-dealkylation sites (tertiary alicyclic amines) is 1. The van der Waals surface area contributed by atoms with E-state index < -0.39 is 0 Å². The van der Waals surface area contributed by atoms with Gasteiger partial charge in [0.2, 0.25) is 5.91 Å². The molecule has 0 aromatic heterocycles. The van der Waals surface area contributed by atoms with E-state index in [9.17, 15) is 4.79 Å². The summed E-state index contributed by atoms with van der Waals surface area (Å²) in [6.45, 7) is 5.15. The SMILES string of the molecule is Cc1ccc(CC(=O)N2CCCCC2CCBr)cc1C. The molecule has 1 unspecified atom stereocenters. The molecule has 3 heteroatoms. The number of aryl methyl sites for hydroxylation is 2. The van der Waals surface area contributed by atoms with Gasteiger partial charge in [0.15, 0.2) is 0 Å². The number of alkyl halides is 1. The van der Waals surface area contributed by atoms with Gasteiger partial charge in [-0.3, -0.25) is 4.79 Å². The van der Waals surface area contributed by atoms with Crippen molar-refractivity contribution in [1.29, 1.82) is 0 Å². The zero-order chi connectivity index (χ0) is 14.5. The molecule has 0 bridgehead atoms. The highest BCUT2D eigenvalue weighted by molar-refractivity contribution is 9.09. The highest BCUT2D eigenvalue weighted by atomic mass is 79.9. The van der Waals surface area contributed by atoms with Crippen LogP contribution in [0.5, 0.6) is 0 Å². The van der Waals surface area contributed by atoms with Crippen molar-refractivity contribution in [3.05, 3.63) is 34.9 Å². The molecule has 1 amide bonds. The largest absolute Gasteiger partial charge is 0.339 e. The fraction of sp³-hybridized carbons (Fsp3) is 0.588. The molecule has 1 fully saturated rings. The van der Waals surface area contributed by atoms with E-state index in [4.69, 9.17) is 0 Å². The fourth-order valence-corrected chi connectivity index (χ4v) is 3.47. The standard InChI is InChI=1S/C17H24BrNO/c1-13-6-7-15(11-14(13)2)12-17(20)19-10-4-3-5-16(19)8-9-18/h6-7,11,16H,3-5,8-10,12H2,1-2H3. The number of nitrogens with zero attached hydrogens (tertiary/aromatic N) is 1. The second-order valence-corrected chi connectivity index (χ2v) is 6.60. The summed E-state index contributed by atoms with van der Waals surface area (Å²) >= 11 is 3.51. The number of rotatable bonds is 4. The molecule has 1 saturated heterocycles. The van der Waals surface area contributed by atoms with Crippen LogP contribution in [-0.4, -0.2) is 28.7 Å². The zero-order valence-corrected chi connectivity index (χ0v) is 14.1. The maximum atomic E-state index is 12.6. The molecule has 0 radical (unpaired) electrons. The quantitative estimate of drug-likeness (QED) is 0.760. The van der Waals surface area contributed by atoms with Gasteiger partial charge in [-0.1, -0.05) is 34.1 Å². The van der Waals surface area contributed by atoms with E-state index in [2.05, 4.69) is 52.9 Å². The van der Waals surface area contributed by atoms with Crippen LogP contribution in [0.2, 0.25) is 0 Å². The second kappa shape index (κ2) is 7.26. The summed E-state index contributed by atoms with van der Waals surface area (Å²) in [6.07, 6.45) is 5.17. The average Bonchev–Trinajstić information content (AvgIpc) is 2.44. The van der Waals surface area contributed by atoms with Crippen LogP contribution in [0.15, 0.2) is 18.2 Å². The van der Waals surface area contributed by atoms with Gasteiger partial charge in [-0.2, -0.15) is 0 Å². The summed E-state index contributed by atoms with van der Waals surface area (Å²) in [5.41, 5.74) is 3.70. The van der Waals surface area contributed by atoms with E-state index in [1.54, 1.807) is 0 Å². The van der Waals surface area contributed by atoms with E-state index in [0.29, 0.717) is 18.4 Å². The first-order chi connectivity index (χ1) is 9.61. The van der Waals surface area contributed by atoms with Crippen molar-refractivity contribution >= 4 is 21.8 Å². The monoisotopic (exact) mass is 337 g/mol. The predicted octanol–water partition coefficient (Wildman–Crippen LogP) is 4.01. The van der Waals surface area contributed by atoms with E-state index >= 15 is 0 Å². The first-order valence-electron chi connectivity index (χ1n) is 7.53. The molecular formula is C17H24BrNO. The molecule has 0 aliphatic carbocycles. The molecule has 1 aromatic carbocycles. The molecule has 2 rings (SSSR count). The lowest BCUT2D eigenvalue weighted by atomic mass is 9.98. The lowest BCUT2D eigenvalue weighted by Crippen LogP contribution is -2.44. The first kappa shape index (κ1) is 15.6. The van der Waals surface area contributed by atoms with E-state index in [1.807, 2.05) is 0 Å². The zero-order valence-electron chi connectivity index (χ0n) is 12.5. The lowest BCUT2D eigenvalue weighted by molar-refractivity contribution is -0.134. The van der Waals surface area contributed by atoms with Gasteiger partial charge in [-0.05, 0) is 56.2 Å². The molecule has 0 N–H and O–H groups in total. The Morgan fingerprint density at radius 1 is 1.30 bits per heavy atom. The summed E-state index contributed by atoms with van der Waals surface area (Å²) < 4.78 is 0. The topological polar surface area (TPSA) is 20.3 Å². The third-order valence-corrected chi connectivity index (χ3v) is 4.77. The molecular weight excluding hydrogens is 314 g/mol. The van der Waals surface area contributed by atoms with Gasteiger partial charge in [-0.15, -0.1) is 0 Å². The van der Waals surface area contributed by atoms with E-state index in [0.717, 1.165) is 36.7 Å². The number of carbonyl (C=O) groups is 1. The van der Waals surface area contributed by atoms with Crippen LogP contribution in [0, 0.1) is 13.8 Å². The van der Waals surface area contributed by atoms with E-state index in [-0.39, 0.29) is 0 Å². The molecule has 110 valence electrons. The number of piperidine rings is 1. The number of benzene rings is 1. The summed E-state index contributed by atoms with van der Waals surface area (Å²) in [6, 6.07) is 6.78. The van der Waals surface area contributed by atoms with Crippen molar-refractivity contribution in [2.45, 2.75) is 52.0 Å². The van der Waals surface area contributed by atoms with Gasteiger partial charge in [0, 0.05) is 17.9 Å². The molecule has 2 nitrogen and oxygen atoms in total. The van der Waals surface area contributed by atoms with Crippen LogP contribution in [0.25, 0.3) is 0 Å². The van der Waals surface area contributed by atoms with Crippen molar-refractivity contribution in [2.24, 2.45) is 0 Å². The Morgan fingerprint density at radius 3 is 2.80 bits per heavy atom. The number of hydrogen-bond donors (Lipinski definition) is 0. The van der Waals surface area contributed by atoms with Gasteiger partial charge in [-0.25, -0.2) is 0 Å². The molecule has 1 heterocycles. The third-order valence-electron chi connectivity index (χ3n) is 4.32. The van der Waals surface area contributed by atoms with Crippen molar-refractivity contribution in [2.75, 3.05) is 11.9 Å². The Bertz CT molecular complexity index is 470. The van der Waals surface area contributed by atoms with Crippen molar-refractivity contribution in [1.82, 2.24) is 4.90 Å². The molecule has 1 aliphatic heterocycles. The van der Waals surface area contributed by atoms with Gasteiger partial charge >= 0.3 is 0 Å². The maximum absolute atomic E-state index is 12.6. The minimum atomic E-state index is 0.291. The Hall–Kier alpha value is -0.830. The summed E-state index contributed by atoms with van der Waals surface area (Å²) in [5, 5.41) is 0.977. The summed E-state index contributed by atoms with van der Waals surface area (Å²) in [7, 11) is 0.